The van der Waals surface area contributed by atoms with E-state index < -0.39 is 13.0 Å². The van der Waals surface area contributed by atoms with E-state index in [1.165, 1.54) is 14.2 Å². The van der Waals surface area contributed by atoms with E-state index in [2.05, 4.69) is 0 Å². The molecule has 1 aliphatic rings. The molecule has 0 aromatic rings. The van der Waals surface area contributed by atoms with Crippen molar-refractivity contribution >= 4 is 13.4 Å². The normalized spacial score (nSPS) is 18.4. The number of carbonyl (C=O) groups excluding carboxylic acids is 1. The fourth-order valence-electron chi connectivity index (χ4n) is 2.38. The predicted molar refractivity (Wildman–Crippen MR) is 67.6 cm³/mol. The quantitative estimate of drug-likeness (QED) is 0.480. The van der Waals surface area contributed by atoms with Crippen LogP contribution in [0.2, 0.25) is 0 Å². The first kappa shape index (κ1) is 15.8. The van der Waals surface area contributed by atoms with Crippen molar-refractivity contribution in [2.24, 2.45) is 5.41 Å². The van der Waals surface area contributed by atoms with Crippen molar-refractivity contribution in [1.82, 2.24) is 0 Å². The van der Waals surface area contributed by atoms with Gasteiger partial charge in [-0.05, 0) is 32.1 Å². The van der Waals surface area contributed by atoms with E-state index in [0.29, 0.717) is 19.3 Å². The van der Waals surface area contributed by atoms with Crippen LogP contribution in [0.25, 0.3) is 0 Å². The molecule has 0 saturated heterocycles. The third kappa shape index (κ3) is 3.62. The minimum atomic E-state index is -3.28. The van der Waals surface area contributed by atoms with Gasteiger partial charge >= 0.3 is 7.60 Å². The van der Waals surface area contributed by atoms with Gasteiger partial charge in [0.2, 0.25) is 0 Å². The molecule has 0 bridgehead atoms. The number of halogens is 1. The number of carbonyl (C=O) groups is 1. The lowest BCUT2D eigenvalue weighted by atomic mass is 9.63. The summed E-state index contributed by atoms with van der Waals surface area (Å²) >= 11 is 0. The van der Waals surface area contributed by atoms with Gasteiger partial charge in [0.1, 0.15) is 6.16 Å². The molecule has 0 unspecified atom stereocenters. The molecule has 6 heteroatoms. The molecule has 1 fully saturated rings. The van der Waals surface area contributed by atoms with Gasteiger partial charge in [-0.15, -0.1) is 0 Å². The largest absolute Gasteiger partial charge is 0.337 e. The minimum Gasteiger partial charge on any atom is -0.312 e. The first-order valence-electron chi connectivity index (χ1n) is 6.32. The van der Waals surface area contributed by atoms with E-state index in [1.807, 2.05) is 0 Å². The molecule has 1 aliphatic carbocycles. The van der Waals surface area contributed by atoms with Crippen LogP contribution < -0.4 is 0 Å². The summed E-state index contributed by atoms with van der Waals surface area (Å²) in [6.45, 7) is -0.348. The van der Waals surface area contributed by atoms with Crippen LogP contribution in [0.3, 0.4) is 0 Å². The van der Waals surface area contributed by atoms with Crippen molar-refractivity contribution in [1.29, 1.82) is 0 Å². The van der Waals surface area contributed by atoms with Gasteiger partial charge in [-0.2, -0.15) is 0 Å². The van der Waals surface area contributed by atoms with Crippen LogP contribution in [0.1, 0.15) is 38.5 Å². The number of hydrogen-bond acceptors (Lipinski definition) is 4. The molecule has 0 spiro atoms. The zero-order valence-corrected chi connectivity index (χ0v) is 12.0. The maximum atomic E-state index is 12.2. The van der Waals surface area contributed by atoms with Crippen molar-refractivity contribution in [3.05, 3.63) is 0 Å². The Hall–Kier alpha value is -0.250. The Bertz CT molecular complexity index is 320. The molecule has 0 aromatic heterocycles. The first-order valence-corrected chi connectivity index (χ1v) is 8.04. The smallest absolute Gasteiger partial charge is 0.312 e. The molecule has 0 atom stereocenters. The Morgan fingerprint density at radius 2 is 1.89 bits per heavy atom. The van der Waals surface area contributed by atoms with E-state index >= 15 is 0 Å². The standard InChI is InChI=1S/C12H22FO4P/c1-16-18(15,17-2)10-11(14)12(7-5-8-12)6-3-4-9-13/h3-10H2,1-2H3. The van der Waals surface area contributed by atoms with E-state index in [0.717, 1.165) is 19.3 Å². The second-order valence-corrected chi connectivity index (χ2v) is 7.11. The van der Waals surface area contributed by atoms with E-state index in [9.17, 15) is 13.8 Å². The van der Waals surface area contributed by atoms with Crippen molar-refractivity contribution in [2.75, 3.05) is 27.1 Å². The third-order valence-electron chi connectivity index (χ3n) is 3.83. The van der Waals surface area contributed by atoms with Crippen LogP contribution >= 0.6 is 7.60 Å². The number of alkyl halides is 1. The van der Waals surface area contributed by atoms with Crippen molar-refractivity contribution < 1.29 is 22.8 Å². The van der Waals surface area contributed by atoms with Gasteiger partial charge in [-0.25, -0.2) is 0 Å². The highest BCUT2D eigenvalue weighted by Gasteiger charge is 2.45. The molecular weight excluding hydrogens is 258 g/mol. The lowest BCUT2D eigenvalue weighted by Gasteiger charge is -2.41. The molecule has 1 saturated carbocycles. The molecule has 0 heterocycles. The summed E-state index contributed by atoms with van der Waals surface area (Å²) < 4.78 is 33.7. The zero-order valence-electron chi connectivity index (χ0n) is 11.1. The summed E-state index contributed by atoms with van der Waals surface area (Å²) in [5.74, 6) is -0.0559. The summed E-state index contributed by atoms with van der Waals surface area (Å²) in [5.41, 5.74) is -0.401. The SMILES string of the molecule is COP(=O)(CC(=O)C1(CCCCF)CCC1)OC. The van der Waals surface area contributed by atoms with Crippen molar-refractivity contribution in [3.8, 4) is 0 Å². The average molecular weight is 280 g/mol. The van der Waals surface area contributed by atoms with Crippen LogP contribution in [0.5, 0.6) is 0 Å². The van der Waals surface area contributed by atoms with Crippen molar-refractivity contribution in [3.63, 3.8) is 0 Å². The van der Waals surface area contributed by atoms with Gasteiger partial charge in [0, 0.05) is 19.6 Å². The highest BCUT2D eigenvalue weighted by molar-refractivity contribution is 7.54. The summed E-state index contributed by atoms with van der Waals surface area (Å²) in [4.78, 5) is 12.2. The number of ketones is 1. The second kappa shape index (κ2) is 6.78. The van der Waals surface area contributed by atoms with Crippen LogP contribution in [0.4, 0.5) is 4.39 Å². The summed E-state index contributed by atoms with van der Waals surface area (Å²) in [5, 5.41) is 0. The molecule has 0 amide bonds. The number of unbranched alkanes of at least 4 members (excludes halogenated alkanes) is 1. The Balaban J connectivity index is 2.59. The highest BCUT2D eigenvalue weighted by atomic mass is 31.2. The van der Waals surface area contributed by atoms with Gasteiger partial charge < -0.3 is 9.05 Å². The Labute approximate surface area is 108 Å². The van der Waals surface area contributed by atoms with E-state index in [4.69, 9.17) is 9.05 Å². The molecule has 0 aliphatic heterocycles. The highest BCUT2D eigenvalue weighted by Crippen LogP contribution is 2.52. The Kier molecular flexibility index (Phi) is 5.96. The first-order chi connectivity index (χ1) is 8.52. The molecule has 4 nitrogen and oxygen atoms in total. The van der Waals surface area contributed by atoms with Crippen LogP contribution in [0.15, 0.2) is 0 Å². The van der Waals surface area contributed by atoms with Crippen LogP contribution in [0, 0.1) is 5.41 Å². The topological polar surface area (TPSA) is 52.6 Å². The van der Waals surface area contributed by atoms with E-state index in [1.54, 1.807) is 0 Å². The second-order valence-electron chi connectivity index (χ2n) is 4.84. The maximum absolute atomic E-state index is 12.2. The number of hydrogen-bond donors (Lipinski definition) is 0. The van der Waals surface area contributed by atoms with Gasteiger partial charge in [0.15, 0.2) is 5.78 Å². The molecule has 0 radical (unpaired) electrons. The van der Waals surface area contributed by atoms with Crippen LogP contribution in [-0.4, -0.2) is 32.8 Å². The third-order valence-corrected chi connectivity index (χ3v) is 5.62. The molecule has 18 heavy (non-hydrogen) atoms. The number of rotatable bonds is 9. The Morgan fingerprint density at radius 1 is 1.28 bits per heavy atom. The van der Waals surface area contributed by atoms with Gasteiger partial charge in [0.25, 0.3) is 0 Å². The van der Waals surface area contributed by atoms with Gasteiger partial charge in [0.05, 0.1) is 6.67 Å². The van der Waals surface area contributed by atoms with Crippen LogP contribution in [-0.2, 0) is 18.4 Å². The van der Waals surface area contributed by atoms with Crippen molar-refractivity contribution in [2.45, 2.75) is 38.5 Å². The molecular formula is C12H22FO4P. The minimum absolute atomic E-state index is 0.0559. The Morgan fingerprint density at radius 3 is 2.28 bits per heavy atom. The average Bonchev–Trinajstić information content (AvgIpc) is 2.32. The molecule has 106 valence electrons. The lowest BCUT2D eigenvalue weighted by molar-refractivity contribution is -0.131. The maximum Gasteiger partial charge on any atom is 0.337 e. The lowest BCUT2D eigenvalue weighted by Crippen LogP contribution is -2.40. The molecule has 0 aromatic carbocycles. The summed E-state index contributed by atoms with van der Waals surface area (Å²) in [6, 6.07) is 0. The summed E-state index contributed by atoms with van der Waals surface area (Å²) in [6.07, 6.45) is 4.33. The van der Waals surface area contributed by atoms with Gasteiger partial charge in [-0.3, -0.25) is 13.8 Å². The predicted octanol–water partition coefficient (Wildman–Crippen LogP) is 3.35. The van der Waals surface area contributed by atoms with E-state index in [-0.39, 0.29) is 18.6 Å². The van der Waals surface area contributed by atoms with Gasteiger partial charge in [-0.1, -0.05) is 6.42 Å². The fourth-order valence-corrected chi connectivity index (χ4v) is 3.47. The monoisotopic (exact) mass is 280 g/mol. The summed E-state index contributed by atoms with van der Waals surface area (Å²) in [7, 11) is -0.704. The fraction of sp³-hybridized carbons (Fsp3) is 0.917. The number of Topliss-reactive ketones (excluding diaryl/α,β-unsaturated/α-hetero) is 1. The molecule has 0 N–H and O–H groups in total. The molecule has 1 rings (SSSR count). The zero-order chi connectivity index (χ0) is 13.6.